The Kier molecular flexibility index (Phi) is 2.37. The number of hydrogen-bond donors (Lipinski definition) is 2. The number of aliphatic hydroxyl groups excluding tert-OH is 2. The first-order valence-corrected chi connectivity index (χ1v) is 3.19. The number of aldehydes is 1. The van der Waals surface area contributed by atoms with Gasteiger partial charge in [0, 0.05) is 12.8 Å². The third kappa shape index (κ3) is 1.76. The minimum absolute atomic E-state index is 0.199. The molecule has 4 heteroatoms. The molecule has 58 valence electrons. The fraction of sp³-hybridized carbons (Fsp3) is 0.833. The summed E-state index contributed by atoms with van der Waals surface area (Å²) < 4.78 is 4.73. The third-order valence-electron chi connectivity index (χ3n) is 1.46. The summed E-state index contributed by atoms with van der Waals surface area (Å²) in [5.74, 6) is 0. The summed E-state index contributed by atoms with van der Waals surface area (Å²) in [5.41, 5.74) is 0. The van der Waals surface area contributed by atoms with Gasteiger partial charge in [0.05, 0.1) is 6.10 Å². The van der Waals surface area contributed by atoms with Crippen molar-refractivity contribution < 1.29 is 19.7 Å². The van der Waals surface area contributed by atoms with Gasteiger partial charge in [-0.2, -0.15) is 0 Å². The monoisotopic (exact) mass is 146 g/mol. The van der Waals surface area contributed by atoms with Gasteiger partial charge in [-0.15, -0.1) is 0 Å². The Morgan fingerprint density at radius 2 is 2.10 bits per heavy atom. The predicted molar refractivity (Wildman–Crippen MR) is 32.2 cm³/mol. The van der Waals surface area contributed by atoms with Crippen LogP contribution in [0.3, 0.4) is 0 Å². The number of hydrogen-bond acceptors (Lipinski definition) is 4. The van der Waals surface area contributed by atoms with Crippen LogP contribution in [0.5, 0.6) is 0 Å². The molecule has 0 bridgehead atoms. The van der Waals surface area contributed by atoms with Crippen LogP contribution in [0.25, 0.3) is 0 Å². The molecule has 0 amide bonds. The molecule has 3 atom stereocenters. The SMILES string of the molecule is O=CC1CC(O)CC(O)O1. The van der Waals surface area contributed by atoms with Crippen molar-refractivity contribution in [3.63, 3.8) is 0 Å². The maximum Gasteiger partial charge on any atom is 0.157 e. The second kappa shape index (κ2) is 3.09. The van der Waals surface area contributed by atoms with E-state index in [1.807, 2.05) is 0 Å². The summed E-state index contributed by atoms with van der Waals surface area (Å²) >= 11 is 0. The van der Waals surface area contributed by atoms with Gasteiger partial charge in [-0.05, 0) is 0 Å². The minimum Gasteiger partial charge on any atom is -0.393 e. The van der Waals surface area contributed by atoms with Gasteiger partial charge in [-0.25, -0.2) is 0 Å². The predicted octanol–water partition coefficient (Wildman–Crippen LogP) is -0.956. The Balaban J connectivity index is 2.42. The van der Waals surface area contributed by atoms with Crippen molar-refractivity contribution >= 4 is 6.29 Å². The average molecular weight is 146 g/mol. The molecule has 1 rings (SSSR count). The average Bonchev–Trinajstić information content (AvgIpc) is 1.85. The summed E-state index contributed by atoms with van der Waals surface area (Å²) in [6.07, 6.45) is -1.16. The topological polar surface area (TPSA) is 66.8 Å². The molecule has 1 heterocycles. The standard InChI is InChI=1S/C6H10O4/c7-3-5-1-4(8)2-6(9)10-5/h3-6,8-9H,1-2H2. The second-order valence-corrected chi connectivity index (χ2v) is 2.39. The highest BCUT2D eigenvalue weighted by Gasteiger charge is 2.26. The number of aliphatic hydroxyl groups is 2. The molecule has 0 radical (unpaired) electrons. The molecule has 1 aliphatic heterocycles. The molecule has 3 unspecified atom stereocenters. The van der Waals surface area contributed by atoms with E-state index in [1.54, 1.807) is 0 Å². The first-order valence-electron chi connectivity index (χ1n) is 3.19. The van der Waals surface area contributed by atoms with E-state index in [9.17, 15) is 4.79 Å². The van der Waals surface area contributed by atoms with E-state index < -0.39 is 18.5 Å². The Morgan fingerprint density at radius 1 is 1.40 bits per heavy atom. The van der Waals surface area contributed by atoms with Crippen LogP contribution in [-0.2, 0) is 9.53 Å². The minimum atomic E-state index is -0.987. The highest BCUT2D eigenvalue weighted by Crippen LogP contribution is 2.16. The Morgan fingerprint density at radius 3 is 2.60 bits per heavy atom. The molecular formula is C6H10O4. The molecule has 4 nitrogen and oxygen atoms in total. The lowest BCUT2D eigenvalue weighted by Gasteiger charge is -2.26. The van der Waals surface area contributed by atoms with E-state index in [0.29, 0.717) is 12.7 Å². The molecule has 0 aromatic heterocycles. The van der Waals surface area contributed by atoms with Crippen molar-refractivity contribution in [2.24, 2.45) is 0 Å². The summed E-state index contributed by atoms with van der Waals surface area (Å²) in [5, 5.41) is 17.8. The van der Waals surface area contributed by atoms with Crippen molar-refractivity contribution in [3.8, 4) is 0 Å². The van der Waals surface area contributed by atoms with Gasteiger partial charge in [-0.3, -0.25) is 0 Å². The molecule has 10 heavy (non-hydrogen) atoms. The largest absolute Gasteiger partial charge is 0.393 e. The van der Waals surface area contributed by atoms with E-state index in [2.05, 4.69) is 0 Å². The van der Waals surface area contributed by atoms with Crippen LogP contribution < -0.4 is 0 Å². The Labute approximate surface area is 58.4 Å². The summed E-state index contributed by atoms with van der Waals surface area (Å²) in [7, 11) is 0. The van der Waals surface area contributed by atoms with Crippen molar-refractivity contribution in [2.45, 2.75) is 31.3 Å². The van der Waals surface area contributed by atoms with Crippen molar-refractivity contribution in [1.29, 1.82) is 0 Å². The summed E-state index contributed by atoms with van der Waals surface area (Å²) in [6, 6.07) is 0. The van der Waals surface area contributed by atoms with Crippen LogP contribution >= 0.6 is 0 Å². The van der Waals surface area contributed by atoms with Crippen LogP contribution in [0, 0.1) is 0 Å². The van der Waals surface area contributed by atoms with Gasteiger partial charge in [0.15, 0.2) is 6.29 Å². The molecule has 1 aliphatic rings. The molecule has 0 aromatic carbocycles. The molecule has 1 saturated heterocycles. The van der Waals surface area contributed by atoms with Gasteiger partial charge in [-0.1, -0.05) is 0 Å². The van der Waals surface area contributed by atoms with E-state index >= 15 is 0 Å². The molecule has 0 saturated carbocycles. The fourth-order valence-corrected chi connectivity index (χ4v) is 0.998. The van der Waals surface area contributed by atoms with Crippen LogP contribution in [0.1, 0.15) is 12.8 Å². The maximum absolute atomic E-state index is 10.1. The smallest absolute Gasteiger partial charge is 0.157 e. The Hall–Kier alpha value is -0.450. The first kappa shape index (κ1) is 7.65. The van der Waals surface area contributed by atoms with E-state index in [0.717, 1.165) is 0 Å². The molecule has 1 fully saturated rings. The number of carbonyl (C=O) groups excluding carboxylic acids is 1. The molecule has 2 N–H and O–H groups in total. The van der Waals surface area contributed by atoms with Crippen molar-refractivity contribution in [1.82, 2.24) is 0 Å². The number of rotatable bonds is 1. The highest BCUT2D eigenvalue weighted by molar-refractivity contribution is 5.56. The molecule has 0 spiro atoms. The van der Waals surface area contributed by atoms with Gasteiger partial charge in [0.2, 0.25) is 0 Å². The van der Waals surface area contributed by atoms with Crippen molar-refractivity contribution in [3.05, 3.63) is 0 Å². The van der Waals surface area contributed by atoms with E-state index in [4.69, 9.17) is 14.9 Å². The normalized spacial score (nSPS) is 41.2. The highest BCUT2D eigenvalue weighted by atomic mass is 16.6. The van der Waals surface area contributed by atoms with Gasteiger partial charge in [0.25, 0.3) is 0 Å². The number of carbonyl (C=O) groups is 1. The van der Waals surface area contributed by atoms with Crippen LogP contribution in [0.15, 0.2) is 0 Å². The quantitative estimate of drug-likeness (QED) is 0.468. The summed E-state index contributed by atoms with van der Waals surface area (Å²) in [6.45, 7) is 0. The lowest BCUT2D eigenvalue weighted by atomic mass is 10.1. The van der Waals surface area contributed by atoms with E-state index in [1.165, 1.54) is 0 Å². The molecular weight excluding hydrogens is 136 g/mol. The number of ether oxygens (including phenoxy) is 1. The fourth-order valence-electron chi connectivity index (χ4n) is 0.998. The molecule has 0 aromatic rings. The third-order valence-corrected chi connectivity index (χ3v) is 1.46. The molecule has 0 aliphatic carbocycles. The van der Waals surface area contributed by atoms with Gasteiger partial charge < -0.3 is 19.7 Å². The van der Waals surface area contributed by atoms with Gasteiger partial charge >= 0.3 is 0 Å². The van der Waals surface area contributed by atoms with Crippen LogP contribution in [0.2, 0.25) is 0 Å². The zero-order valence-corrected chi connectivity index (χ0v) is 5.43. The summed E-state index contributed by atoms with van der Waals surface area (Å²) in [4.78, 5) is 10.1. The van der Waals surface area contributed by atoms with Crippen LogP contribution in [0.4, 0.5) is 0 Å². The second-order valence-electron chi connectivity index (χ2n) is 2.39. The maximum atomic E-state index is 10.1. The zero-order chi connectivity index (χ0) is 7.56. The Bertz CT molecular complexity index is 115. The first-order chi connectivity index (χ1) is 4.72. The lowest BCUT2D eigenvalue weighted by Crippen LogP contribution is -2.36. The van der Waals surface area contributed by atoms with Crippen LogP contribution in [-0.4, -0.2) is 35.0 Å². The van der Waals surface area contributed by atoms with Gasteiger partial charge in [0.1, 0.15) is 12.4 Å². The lowest BCUT2D eigenvalue weighted by molar-refractivity contribution is -0.186. The van der Waals surface area contributed by atoms with Crippen molar-refractivity contribution in [2.75, 3.05) is 0 Å². The van der Waals surface area contributed by atoms with E-state index in [-0.39, 0.29) is 6.42 Å². The zero-order valence-electron chi connectivity index (χ0n) is 5.43.